The van der Waals surface area contributed by atoms with Crippen molar-refractivity contribution in [1.82, 2.24) is 14.9 Å². The van der Waals surface area contributed by atoms with Crippen LogP contribution in [0.3, 0.4) is 0 Å². The molecule has 0 radical (unpaired) electrons. The molecule has 0 atom stereocenters. The van der Waals surface area contributed by atoms with Gasteiger partial charge in [-0.05, 0) is 44.7 Å². The summed E-state index contributed by atoms with van der Waals surface area (Å²) in [5.41, 5.74) is 1.29. The highest BCUT2D eigenvalue weighted by Gasteiger charge is 2.27. The van der Waals surface area contributed by atoms with Crippen LogP contribution in [0.1, 0.15) is 57.5 Å². The van der Waals surface area contributed by atoms with Gasteiger partial charge in [-0.3, -0.25) is 9.59 Å². The predicted molar refractivity (Wildman–Crippen MR) is 105 cm³/mol. The highest BCUT2D eigenvalue weighted by Crippen LogP contribution is 2.27. The average molecular weight is 399 g/mol. The summed E-state index contributed by atoms with van der Waals surface area (Å²) in [4.78, 5) is 46.8. The number of fused-ring (bicyclic) bond motifs is 1. The summed E-state index contributed by atoms with van der Waals surface area (Å²) < 4.78 is 10.9. The van der Waals surface area contributed by atoms with Crippen LogP contribution in [0.25, 0.3) is 0 Å². The monoisotopic (exact) mass is 399 g/mol. The molecule has 29 heavy (non-hydrogen) atoms. The van der Waals surface area contributed by atoms with Gasteiger partial charge in [0.15, 0.2) is 0 Å². The molecular formula is C21H25N3O5. The molecular weight excluding hydrogens is 374 g/mol. The lowest BCUT2D eigenvalue weighted by atomic mass is 9.95. The van der Waals surface area contributed by atoms with Crippen LogP contribution in [0.2, 0.25) is 0 Å². The minimum atomic E-state index is -0.593. The Morgan fingerprint density at radius 2 is 1.90 bits per heavy atom. The van der Waals surface area contributed by atoms with E-state index in [1.807, 2.05) is 6.07 Å². The molecule has 0 aliphatic carbocycles. The molecule has 2 aromatic rings. The van der Waals surface area contributed by atoms with Crippen LogP contribution >= 0.6 is 0 Å². The number of hydrogen-bond acceptors (Lipinski definition) is 6. The summed E-state index contributed by atoms with van der Waals surface area (Å²) in [7, 11) is 0. The van der Waals surface area contributed by atoms with Gasteiger partial charge >= 0.3 is 5.63 Å². The Labute approximate surface area is 167 Å². The van der Waals surface area contributed by atoms with Crippen LogP contribution in [-0.2, 0) is 17.6 Å². The van der Waals surface area contributed by atoms with Crippen molar-refractivity contribution in [2.75, 3.05) is 26.3 Å². The number of carbonyl (C=O) groups is 1. The van der Waals surface area contributed by atoms with Crippen LogP contribution in [0, 0.1) is 13.8 Å². The summed E-state index contributed by atoms with van der Waals surface area (Å²) >= 11 is 0. The lowest BCUT2D eigenvalue weighted by molar-refractivity contribution is 0.0747. The first-order valence-corrected chi connectivity index (χ1v) is 10.0. The van der Waals surface area contributed by atoms with Crippen molar-refractivity contribution in [1.29, 1.82) is 0 Å². The van der Waals surface area contributed by atoms with E-state index in [9.17, 15) is 14.4 Å². The zero-order valence-corrected chi connectivity index (χ0v) is 16.7. The lowest BCUT2D eigenvalue weighted by Gasteiger charge is -2.23. The minimum Gasteiger partial charge on any atom is -0.427 e. The molecule has 0 saturated carbocycles. The molecule has 154 valence electrons. The van der Waals surface area contributed by atoms with Crippen molar-refractivity contribution < 1.29 is 13.9 Å². The Balaban J connectivity index is 1.58. The van der Waals surface area contributed by atoms with Gasteiger partial charge in [0.05, 0.1) is 5.69 Å². The average Bonchev–Trinajstić information content (AvgIpc) is 2.91. The number of nitrogens with zero attached hydrogens (tertiary/aromatic N) is 2. The van der Waals surface area contributed by atoms with E-state index in [1.165, 1.54) is 0 Å². The SMILES string of the molecule is Cc1nc2c(c(=O)[nH]1)CCN(C(=O)c1c(C)cc(C3CCOCC3)oc1=O)CC2. The van der Waals surface area contributed by atoms with Gasteiger partial charge in [0.25, 0.3) is 11.5 Å². The van der Waals surface area contributed by atoms with Gasteiger partial charge in [-0.15, -0.1) is 0 Å². The second-order valence-corrected chi connectivity index (χ2v) is 7.75. The molecule has 2 aromatic heterocycles. The molecule has 2 aliphatic heterocycles. The number of rotatable bonds is 2. The molecule has 1 fully saturated rings. The van der Waals surface area contributed by atoms with Crippen molar-refractivity contribution in [2.45, 2.75) is 45.4 Å². The third kappa shape index (κ3) is 3.89. The molecule has 0 spiro atoms. The highest BCUT2D eigenvalue weighted by molar-refractivity contribution is 5.95. The third-order valence-corrected chi connectivity index (χ3v) is 5.76. The number of nitrogens with one attached hydrogen (secondary N) is 1. The Morgan fingerprint density at radius 3 is 2.62 bits per heavy atom. The van der Waals surface area contributed by atoms with Gasteiger partial charge < -0.3 is 19.0 Å². The maximum absolute atomic E-state index is 13.1. The quantitative estimate of drug-likeness (QED) is 0.820. The minimum absolute atomic E-state index is 0.0739. The van der Waals surface area contributed by atoms with Crippen LogP contribution in [-0.4, -0.2) is 47.1 Å². The number of aryl methyl sites for hydroxylation is 2. The van der Waals surface area contributed by atoms with Crippen molar-refractivity contribution in [3.05, 3.63) is 60.8 Å². The molecule has 0 unspecified atom stereocenters. The number of ether oxygens (including phenoxy) is 1. The Bertz CT molecular complexity index is 1050. The van der Waals surface area contributed by atoms with Crippen molar-refractivity contribution in [3.63, 3.8) is 0 Å². The summed E-state index contributed by atoms with van der Waals surface area (Å²) in [5, 5.41) is 0. The van der Waals surface area contributed by atoms with Crippen molar-refractivity contribution in [2.24, 2.45) is 0 Å². The number of aromatic nitrogens is 2. The number of carbonyl (C=O) groups excluding carboxylic acids is 1. The highest BCUT2D eigenvalue weighted by atomic mass is 16.5. The van der Waals surface area contributed by atoms with Gasteiger partial charge in [-0.2, -0.15) is 0 Å². The molecule has 1 N–H and O–H groups in total. The molecule has 0 bridgehead atoms. The van der Waals surface area contributed by atoms with Gasteiger partial charge in [0, 0.05) is 44.2 Å². The number of aromatic amines is 1. The van der Waals surface area contributed by atoms with Gasteiger partial charge in [-0.25, -0.2) is 9.78 Å². The summed E-state index contributed by atoms with van der Waals surface area (Å²) in [6, 6.07) is 1.81. The Kier molecular flexibility index (Phi) is 5.36. The fourth-order valence-corrected chi connectivity index (χ4v) is 4.17. The van der Waals surface area contributed by atoms with Crippen LogP contribution in [0.4, 0.5) is 0 Å². The fourth-order valence-electron chi connectivity index (χ4n) is 4.17. The van der Waals surface area contributed by atoms with E-state index in [0.29, 0.717) is 61.9 Å². The van der Waals surface area contributed by atoms with Gasteiger partial charge in [0.2, 0.25) is 0 Å². The van der Waals surface area contributed by atoms with E-state index >= 15 is 0 Å². The lowest BCUT2D eigenvalue weighted by Crippen LogP contribution is -2.37. The fraction of sp³-hybridized carbons (Fsp3) is 0.524. The first-order chi connectivity index (χ1) is 13.9. The molecule has 8 heteroatoms. The smallest absolute Gasteiger partial charge is 0.349 e. The zero-order chi connectivity index (χ0) is 20.5. The molecule has 4 heterocycles. The van der Waals surface area contributed by atoms with Crippen molar-refractivity contribution >= 4 is 5.91 Å². The maximum Gasteiger partial charge on any atom is 0.349 e. The van der Waals surface area contributed by atoms with E-state index < -0.39 is 5.63 Å². The molecule has 2 aliphatic rings. The second-order valence-electron chi connectivity index (χ2n) is 7.75. The number of hydrogen-bond donors (Lipinski definition) is 1. The molecule has 8 nitrogen and oxygen atoms in total. The largest absolute Gasteiger partial charge is 0.427 e. The molecule has 4 rings (SSSR count). The topological polar surface area (TPSA) is 106 Å². The zero-order valence-electron chi connectivity index (χ0n) is 16.7. The number of H-pyrrole nitrogens is 1. The van der Waals surface area contributed by atoms with Crippen molar-refractivity contribution in [3.8, 4) is 0 Å². The maximum atomic E-state index is 13.1. The first kappa shape index (κ1) is 19.6. The summed E-state index contributed by atoms with van der Waals surface area (Å²) in [6.07, 6.45) is 2.51. The van der Waals surface area contributed by atoms with Gasteiger partial charge in [0.1, 0.15) is 17.1 Å². The summed E-state index contributed by atoms with van der Waals surface area (Å²) in [5.74, 6) is 0.985. The van der Waals surface area contributed by atoms with Crippen LogP contribution < -0.4 is 11.2 Å². The normalized spacial score (nSPS) is 17.7. The summed E-state index contributed by atoms with van der Waals surface area (Å²) in [6.45, 7) is 5.58. The van der Waals surface area contributed by atoms with Crippen LogP contribution in [0.5, 0.6) is 0 Å². The Morgan fingerprint density at radius 1 is 1.17 bits per heavy atom. The van der Waals surface area contributed by atoms with E-state index in [4.69, 9.17) is 9.15 Å². The van der Waals surface area contributed by atoms with E-state index in [2.05, 4.69) is 9.97 Å². The number of amides is 1. The second kappa shape index (κ2) is 7.94. The third-order valence-electron chi connectivity index (χ3n) is 5.76. The van der Waals surface area contributed by atoms with E-state index in [-0.39, 0.29) is 22.9 Å². The molecule has 1 saturated heterocycles. The first-order valence-electron chi connectivity index (χ1n) is 10.0. The Hall–Kier alpha value is -2.74. The van der Waals surface area contributed by atoms with E-state index in [1.54, 1.807) is 18.7 Å². The predicted octanol–water partition coefficient (Wildman–Crippen LogP) is 1.47. The van der Waals surface area contributed by atoms with E-state index in [0.717, 1.165) is 18.5 Å². The molecule has 1 amide bonds. The van der Waals surface area contributed by atoms with Gasteiger partial charge in [-0.1, -0.05) is 0 Å². The molecule has 0 aromatic carbocycles. The standard InChI is InChI=1S/C21H25N3O5/c1-12-11-17(14-5-9-28-10-6-14)29-21(27)18(12)20(26)24-7-3-15-16(4-8-24)22-13(2)23-19(15)25/h11,14H,3-10H2,1-2H3,(H,22,23,25). The van der Waals surface area contributed by atoms with Crippen LogP contribution in [0.15, 0.2) is 20.1 Å².